The van der Waals surface area contributed by atoms with Crippen LogP contribution in [0.2, 0.25) is 0 Å². The highest BCUT2D eigenvalue weighted by Crippen LogP contribution is 2.27. The van der Waals surface area contributed by atoms with Crippen molar-refractivity contribution in [3.05, 3.63) is 47.8 Å². The average molecular weight is 349 g/mol. The Kier molecular flexibility index (Phi) is 4.12. The van der Waals surface area contributed by atoms with Crippen LogP contribution in [0.15, 0.2) is 36.5 Å². The third kappa shape index (κ3) is 3.15. The molecule has 0 aliphatic carbocycles. The molecule has 7 heteroatoms. The van der Waals surface area contributed by atoms with E-state index < -0.39 is 0 Å². The lowest BCUT2D eigenvalue weighted by Crippen LogP contribution is -2.30. The molecule has 132 valence electrons. The van der Waals surface area contributed by atoms with E-state index in [0.717, 1.165) is 22.3 Å². The molecule has 1 aliphatic rings. The van der Waals surface area contributed by atoms with E-state index in [2.05, 4.69) is 25.8 Å². The van der Waals surface area contributed by atoms with Crippen molar-refractivity contribution in [2.45, 2.75) is 26.2 Å². The minimum atomic E-state index is -0.188. The number of carbonyl (C=O) groups is 2. The van der Waals surface area contributed by atoms with Gasteiger partial charge < -0.3 is 10.6 Å². The summed E-state index contributed by atoms with van der Waals surface area (Å²) in [7, 11) is 0. The van der Waals surface area contributed by atoms with E-state index in [9.17, 15) is 9.59 Å². The molecule has 1 atom stereocenters. The Bertz CT molecular complexity index is 995. The predicted molar refractivity (Wildman–Crippen MR) is 98.8 cm³/mol. The molecular weight excluding hydrogens is 330 g/mol. The fourth-order valence-electron chi connectivity index (χ4n) is 3.26. The minimum absolute atomic E-state index is 0.0198. The lowest BCUT2D eigenvalue weighted by atomic mass is 9.89. The molecule has 3 aromatic rings. The number of aryl methyl sites for hydroxylation is 1. The van der Waals surface area contributed by atoms with Crippen LogP contribution >= 0.6 is 0 Å². The van der Waals surface area contributed by atoms with Gasteiger partial charge in [0.2, 0.25) is 11.8 Å². The Morgan fingerprint density at radius 3 is 3.08 bits per heavy atom. The monoisotopic (exact) mass is 349 g/mol. The van der Waals surface area contributed by atoms with E-state index in [1.54, 1.807) is 6.20 Å². The molecule has 0 fully saturated rings. The second kappa shape index (κ2) is 6.59. The van der Waals surface area contributed by atoms with Crippen LogP contribution in [0.5, 0.6) is 0 Å². The van der Waals surface area contributed by atoms with Crippen molar-refractivity contribution in [3.63, 3.8) is 0 Å². The Hall–Kier alpha value is -3.22. The van der Waals surface area contributed by atoms with Gasteiger partial charge in [-0.1, -0.05) is 18.2 Å². The molecule has 7 nitrogen and oxygen atoms in total. The van der Waals surface area contributed by atoms with Crippen molar-refractivity contribution in [3.8, 4) is 0 Å². The van der Waals surface area contributed by atoms with Crippen molar-refractivity contribution < 1.29 is 9.59 Å². The second-order valence-corrected chi connectivity index (χ2v) is 6.58. The summed E-state index contributed by atoms with van der Waals surface area (Å²) in [4.78, 5) is 28.7. The maximum Gasteiger partial charge on any atom is 0.227 e. The topological polar surface area (TPSA) is 99.8 Å². The van der Waals surface area contributed by atoms with Crippen LogP contribution in [0.1, 0.15) is 24.1 Å². The van der Waals surface area contributed by atoms with E-state index in [-0.39, 0.29) is 24.2 Å². The van der Waals surface area contributed by atoms with Crippen LogP contribution in [-0.2, 0) is 16.0 Å². The zero-order valence-corrected chi connectivity index (χ0v) is 14.4. The number of hydrogen-bond donors (Lipinski definition) is 3. The first-order valence-corrected chi connectivity index (χ1v) is 8.59. The van der Waals surface area contributed by atoms with Gasteiger partial charge in [-0.2, -0.15) is 5.10 Å². The first-order valence-electron chi connectivity index (χ1n) is 8.59. The summed E-state index contributed by atoms with van der Waals surface area (Å²) in [6.07, 6.45) is 3.04. The number of aromatic amines is 1. The van der Waals surface area contributed by atoms with Gasteiger partial charge in [0.25, 0.3) is 0 Å². The molecule has 3 heterocycles. The van der Waals surface area contributed by atoms with Gasteiger partial charge in [-0.15, -0.1) is 0 Å². The van der Waals surface area contributed by atoms with Gasteiger partial charge in [0, 0.05) is 29.1 Å². The number of carbonyl (C=O) groups excluding carboxylic acids is 2. The number of para-hydroxylation sites is 1. The number of benzene rings is 1. The number of H-pyrrole nitrogens is 1. The maximum atomic E-state index is 12.3. The summed E-state index contributed by atoms with van der Waals surface area (Å²) in [6.45, 7) is 1.90. The summed E-state index contributed by atoms with van der Waals surface area (Å²) in [5, 5.41) is 13.6. The largest absolute Gasteiger partial charge is 0.326 e. The highest BCUT2D eigenvalue weighted by Gasteiger charge is 2.26. The SMILES string of the molecule is Cc1[nH]nc2ncc(NC(=O)CCC3Cc4ccccc4NC3=O)cc12. The average Bonchev–Trinajstić information content (AvgIpc) is 3.00. The Morgan fingerprint density at radius 1 is 1.35 bits per heavy atom. The number of pyridine rings is 1. The normalized spacial score (nSPS) is 16.2. The van der Waals surface area contributed by atoms with Crippen molar-refractivity contribution in [2.24, 2.45) is 5.92 Å². The number of fused-ring (bicyclic) bond motifs is 2. The Balaban J connectivity index is 1.37. The first kappa shape index (κ1) is 16.3. The van der Waals surface area contributed by atoms with E-state index in [4.69, 9.17) is 0 Å². The molecule has 1 unspecified atom stereocenters. The summed E-state index contributed by atoms with van der Waals surface area (Å²) in [5.74, 6) is -0.333. The number of nitrogens with one attached hydrogen (secondary N) is 3. The number of hydrogen-bond acceptors (Lipinski definition) is 4. The van der Waals surface area contributed by atoms with E-state index >= 15 is 0 Å². The van der Waals surface area contributed by atoms with Gasteiger partial charge in [0.1, 0.15) is 0 Å². The molecule has 1 aliphatic heterocycles. The van der Waals surface area contributed by atoms with Gasteiger partial charge in [0.05, 0.1) is 11.9 Å². The van der Waals surface area contributed by atoms with Gasteiger partial charge in [-0.25, -0.2) is 4.98 Å². The fraction of sp³-hybridized carbons (Fsp3) is 0.263. The van der Waals surface area contributed by atoms with Crippen molar-refractivity contribution in [2.75, 3.05) is 10.6 Å². The molecule has 26 heavy (non-hydrogen) atoms. The smallest absolute Gasteiger partial charge is 0.227 e. The molecule has 3 N–H and O–H groups in total. The number of rotatable bonds is 4. The lowest BCUT2D eigenvalue weighted by molar-refractivity contribution is -0.121. The molecule has 2 aromatic heterocycles. The molecule has 2 amide bonds. The summed E-state index contributed by atoms with van der Waals surface area (Å²) in [6, 6.07) is 9.62. The standard InChI is InChI=1S/C19H19N5O2/c1-11-15-9-14(10-20-18(15)24-23-11)21-17(25)7-6-13-8-12-4-2-3-5-16(12)22-19(13)26/h2-5,9-10,13H,6-8H2,1H3,(H,21,25)(H,22,26)(H,20,23,24). The third-order valence-corrected chi connectivity index (χ3v) is 4.72. The predicted octanol–water partition coefficient (Wildman–Crippen LogP) is 2.80. The molecule has 0 radical (unpaired) electrons. The maximum absolute atomic E-state index is 12.3. The second-order valence-electron chi connectivity index (χ2n) is 6.58. The van der Waals surface area contributed by atoms with Crippen molar-refractivity contribution in [1.29, 1.82) is 0 Å². The number of aromatic nitrogens is 3. The van der Waals surface area contributed by atoms with E-state index in [1.807, 2.05) is 37.3 Å². The molecule has 0 bridgehead atoms. The molecule has 0 saturated heterocycles. The summed E-state index contributed by atoms with van der Waals surface area (Å²) in [5.41, 5.74) is 4.14. The third-order valence-electron chi connectivity index (χ3n) is 4.72. The Labute approximate surface area is 150 Å². The van der Waals surface area contributed by atoms with E-state index in [0.29, 0.717) is 24.2 Å². The molecule has 1 aromatic carbocycles. The highest BCUT2D eigenvalue weighted by molar-refractivity contribution is 5.97. The van der Waals surface area contributed by atoms with Gasteiger partial charge in [-0.05, 0) is 37.5 Å². The van der Waals surface area contributed by atoms with Crippen LogP contribution in [0.3, 0.4) is 0 Å². The molecule has 0 spiro atoms. The molecule has 4 rings (SSSR count). The van der Waals surface area contributed by atoms with Gasteiger partial charge in [-0.3, -0.25) is 14.7 Å². The summed E-state index contributed by atoms with van der Waals surface area (Å²) >= 11 is 0. The Morgan fingerprint density at radius 2 is 2.19 bits per heavy atom. The zero-order valence-electron chi connectivity index (χ0n) is 14.4. The van der Waals surface area contributed by atoms with E-state index in [1.165, 1.54) is 0 Å². The number of amides is 2. The highest BCUT2D eigenvalue weighted by atomic mass is 16.2. The fourth-order valence-corrected chi connectivity index (χ4v) is 3.26. The van der Waals surface area contributed by atoms with Crippen molar-refractivity contribution >= 4 is 34.2 Å². The molecule has 0 saturated carbocycles. The van der Waals surface area contributed by atoms with Crippen LogP contribution in [0.25, 0.3) is 11.0 Å². The zero-order chi connectivity index (χ0) is 18.1. The molecular formula is C19H19N5O2. The first-order chi connectivity index (χ1) is 12.6. The minimum Gasteiger partial charge on any atom is -0.326 e. The van der Waals surface area contributed by atoms with Crippen LogP contribution in [0.4, 0.5) is 11.4 Å². The van der Waals surface area contributed by atoms with Gasteiger partial charge >= 0.3 is 0 Å². The van der Waals surface area contributed by atoms with Crippen LogP contribution < -0.4 is 10.6 Å². The van der Waals surface area contributed by atoms with Crippen LogP contribution in [-0.4, -0.2) is 27.0 Å². The summed E-state index contributed by atoms with van der Waals surface area (Å²) < 4.78 is 0. The number of nitrogens with zero attached hydrogens (tertiary/aromatic N) is 2. The lowest BCUT2D eigenvalue weighted by Gasteiger charge is -2.24. The van der Waals surface area contributed by atoms with Crippen LogP contribution in [0, 0.1) is 12.8 Å². The van der Waals surface area contributed by atoms with Gasteiger partial charge in [0.15, 0.2) is 5.65 Å². The number of anilines is 2. The quantitative estimate of drug-likeness (QED) is 0.674. The van der Waals surface area contributed by atoms with Crippen molar-refractivity contribution in [1.82, 2.24) is 15.2 Å².